The molecule has 0 aromatic heterocycles. The highest BCUT2D eigenvalue weighted by molar-refractivity contribution is 7.98. The Morgan fingerprint density at radius 3 is 2.19 bits per heavy atom. The molecule has 0 radical (unpaired) electrons. The summed E-state index contributed by atoms with van der Waals surface area (Å²) in [5.74, 6) is 1.36. The molecule has 4 heteroatoms. The highest BCUT2D eigenvalue weighted by Crippen LogP contribution is 2.42. The highest BCUT2D eigenvalue weighted by atomic mass is 32.2. The molecule has 0 saturated carbocycles. The van der Waals surface area contributed by atoms with Crippen molar-refractivity contribution in [1.82, 2.24) is 0 Å². The van der Waals surface area contributed by atoms with Crippen molar-refractivity contribution >= 4 is 11.8 Å². The third kappa shape index (κ3) is 2.44. The van der Waals surface area contributed by atoms with Gasteiger partial charge in [-0.1, -0.05) is 6.07 Å². The summed E-state index contributed by atoms with van der Waals surface area (Å²) < 4.78 is 10.6. The van der Waals surface area contributed by atoms with Gasteiger partial charge in [-0.15, -0.1) is 11.8 Å². The van der Waals surface area contributed by atoms with Crippen LogP contribution in [-0.4, -0.2) is 25.6 Å². The van der Waals surface area contributed by atoms with Gasteiger partial charge in [-0.25, -0.2) is 0 Å². The third-order valence-corrected chi connectivity index (χ3v) is 3.18. The van der Waals surface area contributed by atoms with E-state index >= 15 is 0 Å². The van der Waals surface area contributed by atoms with E-state index in [1.165, 1.54) is 11.8 Å². The summed E-state index contributed by atoms with van der Waals surface area (Å²) in [5.41, 5.74) is -0.0459. The molecule has 0 spiro atoms. The molecule has 90 valence electrons. The summed E-state index contributed by atoms with van der Waals surface area (Å²) in [6.07, 6.45) is 1.95. The second-order valence-corrected chi connectivity index (χ2v) is 4.76. The Morgan fingerprint density at radius 1 is 1.19 bits per heavy atom. The van der Waals surface area contributed by atoms with Crippen LogP contribution in [-0.2, 0) is 5.60 Å². The molecule has 0 aliphatic heterocycles. The van der Waals surface area contributed by atoms with Crippen LogP contribution in [0.3, 0.4) is 0 Å². The fourth-order valence-electron chi connectivity index (χ4n) is 1.58. The molecule has 1 N–H and O–H groups in total. The van der Waals surface area contributed by atoms with Gasteiger partial charge in [0.2, 0.25) is 0 Å². The van der Waals surface area contributed by atoms with Crippen molar-refractivity contribution in [3.05, 3.63) is 17.7 Å². The lowest BCUT2D eigenvalue weighted by molar-refractivity contribution is 0.0751. The van der Waals surface area contributed by atoms with Gasteiger partial charge in [-0.2, -0.15) is 0 Å². The Morgan fingerprint density at radius 2 is 1.81 bits per heavy atom. The number of thioether (sulfide) groups is 1. The molecular weight excluding hydrogens is 224 g/mol. The maximum absolute atomic E-state index is 10.1. The van der Waals surface area contributed by atoms with Crippen LogP contribution >= 0.6 is 11.8 Å². The molecule has 0 saturated heterocycles. The minimum Gasteiger partial charge on any atom is -0.493 e. The number of rotatable bonds is 4. The zero-order chi connectivity index (χ0) is 12.3. The summed E-state index contributed by atoms with van der Waals surface area (Å²) >= 11 is 1.54. The topological polar surface area (TPSA) is 38.7 Å². The van der Waals surface area contributed by atoms with Gasteiger partial charge in [0.25, 0.3) is 0 Å². The predicted molar refractivity (Wildman–Crippen MR) is 66.6 cm³/mol. The minimum absolute atomic E-state index is 0.676. The number of methoxy groups -OCH3 is 2. The van der Waals surface area contributed by atoms with Gasteiger partial charge in [-0.3, -0.25) is 0 Å². The molecule has 0 aliphatic carbocycles. The van der Waals surface area contributed by atoms with Crippen molar-refractivity contribution in [3.63, 3.8) is 0 Å². The average Bonchev–Trinajstić information content (AvgIpc) is 2.25. The zero-order valence-electron chi connectivity index (χ0n) is 10.3. The third-order valence-electron chi connectivity index (χ3n) is 2.36. The number of hydrogen-bond donors (Lipinski definition) is 1. The van der Waals surface area contributed by atoms with Crippen molar-refractivity contribution in [3.8, 4) is 11.5 Å². The standard InChI is InChI=1S/C12H18O3S/c1-12(2,13)8-6-7-9(14-3)10(15-4)11(8)16-5/h6-7,13H,1-5H3. The monoisotopic (exact) mass is 242 g/mol. The summed E-state index contributed by atoms with van der Waals surface area (Å²) in [5, 5.41) is 10.1. The molecule has 3 nitrogen and oxygen atoms in total. The summed E-state index contributed by atoms with van der Waals surface area (Å²) in [6, 6.07) is 3.68. The van der Waals surface area contributed by atoms with Crippen molar-refractivity contribution < 1.29 is 14.6 Å². The largest absolute Gasteiger partial charge is 0.493 e. The second-order valence-electron chi connectivity index (χ2n) is 3.94. The number of hydrogen-bond acceptors (Lipinski definition) is 4. The van der Waals surface area contributed by atoms with E-state index in [4.69, 9.17) is 9.47 Å². The Balaban J connectivity index is 3.43. The van der Waals surface area contributed by atoms with Gasteiger partial charge in [0, 0.05) is 5.56 Å². The quantitative estimate of drug-likeness (QED) is 0.824. The first-order chi connectivity index (χ1) is 7.45. The molecule has 0 bridgehead atoms. The van der Waals surface area contributed by atoms with Crippen molar-refractivity contribution in [2.24, 2.45) is 0 Å². The first-order valence-electron chi connectivity index (χ1n) is 4.97. The van der Waals surface area contributed by atoms with Crippen LogP contribution in [0, 0.1) is 0 Å². The van der Waals surface area contributed by atoms with Gasteiger partial charge >= 0.3 is 0 Å². The maximum Gasteiger partial charge on any atom is 0.174 e. The molecular formula is C12H18O3S. The minimum atomic E-state index is -0.891. The van der Waals surface area contributed by atoms with E-state index in [-0.39, 0.29) is 0 Å². The van der Waals surface area contributed by atoms with E-state index in [1.54, 1.807) is 28.1 Å². The lowest BCUT2D eigenvalue weighted by Crippen LogP contribution is -2.17. The lowest BCUT2D eigenvalue weighted by Gasteiger charge is -2.23. The smallest absolute Gasteiger partial charge is 0.174 e. The SMILES string of the molecule is COc1ccc(C(C)(C)O)c(SC)c1OC. The Labute approximate surface area is 101 Å². The molecule has 0 fully saturated rings. The van der Waals surface area contributed by atoms with Gasteiger partial charge in [0.1, 0.15) is 0 Å². The lowest BCUT2D eigenvalue weighted by atomic mass is 9.98. The highest BCUT2D eigenvalue weighted by Gasteiger charge is 2.24. The van der Waals surface area contributed by atoms with Crippen LogP contribution < -0.4 is 9.47 Å². The first kappa shape index (κ1) is 13.2. The molecule has 0 atom stereocenters. The molecule has 1 aromatic rings. The zero-order valence-corrected chi connectivity index (χ0v) is 11.1. The predicted octanol–water partition coefficient (Wildman–Crippen LogP) is 2.65. The Kier molecular flexibility index (Phi) is 4.10. The van der Waals surface area contributed by atoms with Crippen molar-refractivity contribution in [2.45, 2.75) is 24.3 Å². The van der Waals surface area contributed by atoms with Gasteiger partial charge in [0.15, 0.2) is 11.5 Å². The van der Waals surface area contributed by atoms with E-state index in [0.717, 1.165) is 10.5 Å². The van der Waals surface area contributed by atoms with E-state index in [2.05, 4.69) is 0 Å². The number of aliphatic hydroxyl groups is 1. The number of benzene rings is 1. The molecule has 1 rings (SSSR count). The fourth-order valence-corrected chi connectivity index (χ4v) is 2.49. The van der Waals surface area contributed by atoms with Crippen LogP contribution in [0.2, 0.25) is 0 Å². The van der Waals surface area contributed by atoms with Crippen molar-refractivity contribution in [1.29, 1.82) is 0 Å². The van der Waals surface area contributed by atoms with Gasteiger partial charge in [0.05, 0.1) is 24.7 Å². The van der Waals surface area contributed by atoms with Crippen molar-refractivity contribution in [2.75, 3.05) is 20.5 Å². The molecule has 16 heavy (non-hydrogen) atoms. The first-order valence-corrected chi connectivity index (χ1v) is 6.20. The van der Waals surface area contributed by atoms with E-state index < -0.39 is 5.60 Å². The fraction of sp³-hybridized carbons (Fsp3) is 0.500. The van der Waals surface area contributed by atoms with E-state index in [0.29, 0.717) is 11.5 Å². The molecule has 0 aliphatic rings. The summed E-state index contributed by atoms with van der Waals surface area (Å²) in [6.45, 7) is 3.52. The molecule has 0 amide bonds. The average molecular weight is 242 g/mol. The van der Waals surface area contributed by atoms with E-state index in [9.17, 15) is 5.11 Å². The molecule has 1 aromatic carbocycles. The summed E-state index contributed by atoms with van der Waals surface area (Å²) in [7, 11) is 3.21. The maximum atomic E-state index is 10.1. The van der Waals surface area contributed by atoms with Crippen LogP contribution in [0.25, 0.3) is 0 Å². The van der Waals surface area contributed by atoms with Crippen LogP contribution in [0.4, 0.5) is 0 Å². The van der Waals surface area contributed by atoms with E-state index in [1.807, 2.05) is 18.4 Å². The Bertz CT molecular complexity index is 369. The molecule has 0 unspecified atom stereocenters. The van der Waals surface area contributed by atoms with Gasteiger partial charge < -0.3 is 14.6 Å². The number of ether oxygens (including phenoxy) is 2. The van der Waals surface area contributed by atoms with Crippen LogP contribution in [0.1, 0.15) is 19.4 Å². The normalized spacial score (nSPS) is 11.4. The molecule has 0 heterocycles. The van der Waals surface area contributed by atoms with Crippen LogP contribution in [0.15, 0.2) is 17.0 Å². The summed E-state index contributed by atoms with van der Waals surface area (Å²) in [4.78, 5) is 0.911. The second kappa shape index (κ2) is 4.97. The Hall–Kier alpha value is -0.870. The van der Waals surface area contributed by atoms with Gasteiger partial charge in [-0.05, 0) is 26.2 Å². The van der Waals surface area contributed by atoms with Crippen LogP contribution in [0.5, 0.6) is 11.5 Å².